The van der Waals surface area contributed by atoms with E-state index in [0.717, 1.165) is 11.1 Å². The van der Waals surface area contributed by atoms with Crippen LogP contribution in [0.25, 0.3) is 5.57 Å². The Bertz CT molecular complexity index is 973. The Morgan fingerprint density at radius 1 is 0.871 bits per heavy atom. The van der Waals surface area contributed by atoms with E-state index < -0.39 is 17.6 Å². The van der Waals surface area contributed by atoms with E-state index in [1.807, 2.05) is 32.0 Å². The fraction of sp³-hybridized carbons (Fsp3) is 0.333. The first-order chi connectivity index (χ1) is 14.9. The van der Waals surface area contributed by atoms with Crippen molar-refractivity contribution in [2.45, 2.75) is 13.8 Å². The molecule has 0 saturated carbocycles. The van der Waals surface area contributed by atoms with Gasteiger partial charge in [-0.05, 0) is 54.8 Å². The molecule has 0 spiro atoms. The minimum atomic E-state index is -0.434. The van der Waals surface area contributed by atoms with Gasteiger partial charge in [-0.25, -0.2) is 9.29 Å². The molecule has 3 rings (SSSR count). The van der Waals surface area contributed by atoms with E-state index in [-0.39, 0.29) is 11.3 Å². The normalized spacial score (nSPS) is 14.0. The Labute approximate surface area is 181 Å². The number of benzene rings is 2. The maximum Gasteiger partial charge on any atom is 0.282 e. The lowest BCUT2D eigenvalue weighted by atomic mass is 10.0. The molecule has 164 valence electrons. The van der Waals surface area contributed by atoms with Crippen LogP contribution in [0.1, 0.15) is 16.7 Å². The Hall–Kier alpha value is -3.03. The smallest absolute Gasteiger partial charge is 0.282 e. The van der Waals surface area contributed by atoms with E-state index in [9.17, 15) is 14.0 Å². The van der Waals surface area contributed by atoms with Crippen LogP contribution in [0, 0.1) is 19.7 Å². The van der Waals surface area contributed by atoms with E-state index in [0.29, 0.717) is 37.6 Å². The largest absolute Gasteiger partial charge is 0.383 e. The van der Waals surface area contributed by atoms with Crippen LogP contribution in [0.2, 0.25) is 0 Å². The van der Waals surface area contributed by atoms with Crippen LogP contribution in [0.5, 0.6) is 0 Å². The number of hydrogen-bond acceptors (Lipinski definition) is 5. The lowest BCUT2D eigenvalue weighted by Crippen LogP contribution is -2.37. The van der Waals surface area contributed by atoms with E-state index in [2.05, 4.69) is 0 Å². The third-order valence-electron chi connectivity index (χ3n) is 5.10. The molecule has 0 saturated heterocycles. The summed E-state index contributed by atoms with van der Waals surface area (Å²) in [7, 11) is 3.15. The molecule has 0 aromatic heterocycles. The van der Waals surface area contributed by atoms with E-state index in [1.165, 1.54) is 29.2 Å². The highest BCUT2D eigenvalue weighted by Gasteiger charge is 2.42. The molecule has 1 aliphatic rings. The standard InChI is InChI=1S/C24H27FN2O4/c1-16-13-17(2)15-20(14-16)27-23(28)21(18-5-7-19(25)8-6-18)22(24(27)29)26(9-11-30-3)10-12-31-4/h5-8,13-15H,9-12H2,1-4H3. The quantitative estimate of drug-likeness (QED) is 0.576. The summed E-state index contributed by atoms with van der Waals surface area (Å²) in [6.45, 7) is 5.38. The van der Waals surface area contributed by atoms with Crippen molar-refractivity contribution >= 4 is 23.1 Å². The number of hydrogen-bond donors (Lipinski definition) is 0. The summed E-state index contributed by atoms with van der Waals surface area (Å²) in [5.41, 5.74) is 3.41. The molecule has 2 aromatic carbocycles. The molecule has 2 amide bonds. The predicted octanol–water partition coefficient (Wildman–Crippen LogP) is 3.32. The lowest BCUT2D eigenvalue weighted by molar-refractivity contribution is -0.120. The SMILES string of the molecule is COCCN(CCOC)C1=C(c2ccc(F)cc2)C(=O)N(c2cc(C)cc(C)c2)C1=O. The number of rotatable bonds is 9. The fourth-order valence-electron chi connectivity index (χ4n) is 3.74. The summed E-state index contributed by atoms with van der Waals surface area (Å²) in [5, 5.41) is 0. The van der Waals surface area contributed by atoms with Crippen LogP contribution in [-0.4, -0.2) is 57.2 Å². The van der Waals surface area contributed by atoms with Crippen molar-refractivity contribution in [1.29, 1.82) is 0 Å². The molecule has 31 heavy (non-hydrogen) atoms. The number of anilines is 1. The van der Waals surface area contributed by atoms with Crippen molar-refractivity contribution in [1.82, 2.24) is 4.90 Å². The maximum atomic E-state index is 13.6. The van der Waals surface area contributed by atoms with Gasteiger partial charge in [0, 0.05) is 27.3 Å². The lowest BCUT2D eigenvalue weighted by Gasteiger charge is -2.25. The zero-order valence-corrected chi connectivity index (χ0v) is 18.3. The number of nitrogens with zero attached hydrogens (tertiary/aromatic N) is 2. The summed E-state index contributed by atoms with van der Waals surface area (Å²) in [6, 6.07) is 11.2. The average Bonchev–Trinajstić information content (AvgIpc) is 2.98. The van der Waals surface area contributed by atoms with Crippen LogP contribution < -0.4 is 4.90 Å². The van der Waals surface area contributed by atoms with Gasteiger partial charge in [0.2, 0.25) is 0 Å². The van der Waals surface area contributed by atoms with Gasteiger partial charge in [0.15, 0.2) is 0 Å². The zero-order valence-electron chi connectivity index (χ0n) is 18.3. The van der Waals surface area contributed by atoms with Gasteiger partial charge in [0.05, 0.1) is 24.5 Å². The summed E-state index contributed by atoms with van der Waals surface area (Å²) in [6.07, 6.45) is 0. The Morgan fingerprint density at radius 2 is 1.42 bits per heavy atom. The third kappa shape index (κ3) is 4.84. The molecule has 2 aromatic rings. The molecular weight excluding hydrogens is 399 g/mol. The molecule has 0 bridgehead atoms. The van der Waals surface area contributed by atoms with Crippen molar-refractivity contribution in [3.8, 4) is 0 Å². The van der Waals surface area contributed by atoms with Gasteiger partial charge in [0.1, 0.15) is 11.5 Å². The first-order valence-corrected chi connectivity index (χ1v) is 10.1. The molecule has 0 fully saturated rings. The van der Waals surface area contributed by atoms with Crippen molar-refractivity contribution < 1.29 is 23.5 Å². The number of amides is 2. The van der Waals surface area contributed by atoms with E-state index in [4.69, 9.17) is 9.47 Å². The van der Waals surface area contributed by atoms with E-state index in [1.54, 1.807) is 19.1 Å². The van der Waals surface area contributed by atoms with Gasteiger partial charge < -0.3 is 14.4 Å². The summed E-state index contributed by atoms with van der Waals surface area (Å²) < 4.78 is 24.0. The van der Waals surface area contributed by atoms with Crippen LogP contribution in [-0.2, 0) is 19.1 Å². The Kier molecular flexibility index (Phi) is 7.20. The summed E-state index contributed by atoms with van der Waals surface area (Å²) in [5.74, 6) is -1.26. The zero-order chi connectivity index (χ0) is 22.5. The molecule has 6 nitrogen and oxygen atoms in total. The van der Waals surface area contributed by atoms with Crippen molar-refractivity contribution in [3.05, 3.63) is 70.7 Å². The van der Waals surface area contributed by atoms with Gasteiger partial charge in [-0.2, -0.15) is 0 Å². The van der Waals surface area contributed by atoms with Crippen molar-refractivity contribution in [2.24, 2.45) is 0 Å². The van der Waals surface area contributed by atoms with Crippen LogP contribution >= 0.6 is 0 Å². The first kappa shape index (κ1) is 22.7. The second kappa shape index (κ2) is 9.85. The van der Waals surface area contributed by atoms with Gasteiger partial charge in [0.25, 0.3) is 11.8 Å². The van der Waals surface area contributed by atoms with E-state index >= 15 is 0 Å². The minimum absolute atomic E-state index is 0.247. The van der Waals surface area contributed by atoms with Gasteiger partial charge in [-0.15, -0.1) is 0 Å². The number of carbonyl (C=O) groups excluding carboxylic acids is 2. The highest BCUT2D eigenvalue weighted by atomic mass is 19.1. The molecule has 0 unspecified atom stereocenters. The highest BCUT2D eigenvalue weighted by molar-refractivity contribution is 6.45. The monoisotopic (exact) mass is 426 g/mol. The number of methoxy groups -OCH3 is 2. The summed E-state index contributed by atoms with van der Waals surface area (Å²) >= 11 is 0. The number of carbonyl (C=O) groups is 2. The first-order valence-electron chi connectivity index (χ1n) is 10.1. The van der Waals surface area contributed by atoms with Crippen LogP contribution in [0.15, 0.2) is 48.2 Å². The van der Waals surface area contributed by atoms with Crippen molar-refractivity contribution in [3.63, 3.8) is 0 Å². The Balaban J connectivity index is 2.14. The fourth-order valence-corrected chi connectivity index (χ4v) is 3.74. The molecule has 1 heterocycles. The molecular formula is C24H27FN2O4. The molecule has 0 radical (unpaired) electrons. The second-order valence-corrected chi connectivity index (χ2v) is 7.49. The maximum absolute atomic E-state index is 13.6. The topological polar surface area (TPSA) is 59.1 Å². The summed E-state index contributed by atoms with van der Waals surface area (Å²) in [4.78, 5) is 30.2. The number of aryl methyl sites for hydroxylation is 2. The highest BCUT2D eigenvalue weighted by Crippen LogP contribution is 2.35. The third-order valence-corrected chi connectivity index (χ3v) is 5.10. The number of ether oxygens (including phenoxy) is 2. The predicted molar refractivity (Wildman–Crippen MR) is 117 cm³/mol. The molecule has 7 heteroatoms. The molecule has 0 N–H and O–H groups in total. The van der Waals surface area contributed by atoms with Gasteiger partial charge in [-0.1, -0.05) is 18.2 Å². The second-order valence-electron chi connectivity index (χ2n) is 7.49. The minimum Gasteiger partial charge on any atom is -0.383 e. The van der Waals surface area contributed by atoms with Gasteiger partial charge in [-0.3, -0.25) is 9.59 Å². The van der Waals surface area contributed by atoms with Crippen LogP contribution in [0.4, 0.5) is 10.1 Å². The molecule has 0 atom stereocenters. The molecule has 0 aliphatic carbocycles. The van der Waals surface area contributed by atoms with Gasteiger partial charge >= 0.3 is 0 Å². The Morgan fingerprint density at radius 3 is 1.94 bits per heavy atom. The number of imide groups is 1. The van der Waals surface area contributed by atoms with Crippen LogP contribution in [0.3, 0.4) is 0 Å². The number of halogens is 1. The molecule has 1 aliphatic heterocycles. The average molecular weight is 426 g/mol. The van der Waals surface area contributed by atoms with Crippen molar-refractivity contribution in [2.75, 3.05) is 45.4 Å².